The van der Waals surface area contributed by atoms with Gasteiger partial charge in [-0.15, -0.1) is 0 Å². The number of rotatable bonds is 3. The average molecular weight is 348 g/mol. The van der Waals surface area contributed by atoms with E-state index in [0.717, 1.165) is 23.5 Å². The Hall–Kier alpha value is -1.85. The Bertz CT molecular complexity index is 752. The van der Waals surface area contributed by atoms with Gasteiger partial charge in [0.25, 0.3) is 5.91 Å². The van der Waals surface area contributed by atoms with Crippen LogP contribution in [0.4, 0.5) is 0 Å². The van der Waals surface area contributed by atoms with E-state index in [0.29, 0.717) is 23.7 Å². The topological polar surface area (TPSA) is 58.4 Å². The maximum atomic E-state index is 12.6. The molecule has 1 aliphatic rings. The van der Waals surface area contributed by atoms with E-state index in [-0.39, 0.29) is 17.9 Å². The number of aliphatic hydroxyl groups is 1. The summed E-state index contributed by atoms with van der Waals surface area (Å²) in [5.74, 6) is 0.182. The molecule has 0 aliphatic carbocycles. The predicted octanol–water partition coefficient (Wildman–Crippen LogP) is 2.99. The predicted molar refractivity (Wildman–Crippen MR) is 93.7 cm³/mol. The van der Waals surface area contributed by atoms with Crippen LogP contribution in [-0.2, 0) is 0 Å². The van der Waals surface area contributed by atoms with Crippen LogP contribution in [0.1, 0.15) is 35.1 Å². The molecule has 1 saturated heterocycles. The Morgan fingerprint density at radius 3 is 2.50 bits per heavy atom. The molecule has 1 N–H and O–H groups in total. The molecule has 0 spiro atoms. The summed E-state index contributed by atoms with van der Waals surface area (Å²) in [7, 11) is 0. The lowest BCUT2D eigenvalue weighted by Gasteiger charge is -2.18. The first-order valence-corrected chi connectivity index (χ1v) is 8.55. The van der Waals surface area contributed by atoms with Crippen LogP contribution >= 0.6 is 11.6 Å². The molecule has 2 unspecified atom stereocenters. The summed E-state index contributed by atoms with van der Waals surface area (Å²) in [6.07, 6.45) is 0.479. The van der Waals surface area contributed by atoms with Gasteiger partial charge in [0.15, 0.2) is 0 Å². The highest BCUT2D eigenvalue weighted by Crippen LogP contribution is 2.24. The van der Waals surface area contributed by atoms with E-state index in [4.69, 9.17) is 11.6 Å². The van der Waals surface area contributed by atoms with Crippen LogP contribution < -0.4 is 0 Å². The molecule has 6 heteroatoms. The van der Waals surface area contributed by atoms with E-state index in [1.807, 2.05) is 43.0 Å². The van der Waals surface area contributed by atoms with Gasteiger partial charge in [0, 0.05) is 24.6 Å². The molecular formula is C18H22ClN3O2. The molecule has 1 aromatic carbocycles. The fraction of sp³-hybridized carbons (Fsp3) is 0.444. The first-order chi connectivity index (χ1) is 11.4. The molecule has 1 aromatic heterocycles. The van der Waals surface area contributed by atoms with Crippen molar-refractivity contribution in [1.29, 1.82) is 0 Å². The van der Waals surface area contributed by atoms with E-state index in [2.05, 4.69) is 5.10 Å². The van der Waals surface area contributed by atoms with Gasteiger partial charge in [-0.25, -0.2) is 4.68 Å². The molecule has 2 heterocycles. The molecule has 24 heavy (non-hydrogen) atoms. The molecular weight excluding hydrogens is 326 g/mol. The molecule has 3 rings (SSSR count). The zero-order chi connectivity index (χ0) is 17.4. The average Bonchev–Trinajstić information content (AvgIpc) is 3.16. The number of nitrogens with zero attached hydrogens (tertiary/aromatic N) is 3. The summed E-state index contributed by atoms with van der Waals surface area (Å²) < 4.78 is 1.78. The summed E-state index contributed by atoms with van der Waals surface area (Å²) in [4.78, 5) is 14.4. The highest BCUT2D eigenvalue weighted by molar-refractivity contribution is 6.31. The molecule has 2 atom stereocenters. The number of aliphatic hydroxyl groups excluding tert-OH is 1. The monoisotopic (exact) mass is 347 g/mol. The third-order valence-corrected chi connectivity index (χ3v) is 5.30. The standard InChI is InChI=1S/C18H22ClN3O2/c1-11-17(19)12(2)22(20-11)16-6-4-14(5-7-16)18(24)21-9-8-15(10-21)13(3)23/h4-7,13,15,23H,8-10H2,1-3H3. The first kappa shape index (κ1) is 17.0. The molecule has 0 bridgehead atoms. The van der Waals surface area contributed by atoms with Crippen LogP contribution in [0.2, 0.25) is 5.02 Å². The van der Waals surface area contributed by atoms with Crippen LogP contribution in [0.5, 0.6) is 0 Å². The summed E-state index contributed by atoms with van der Waals surface area (Å²) in [5, 5.41) is 14.8. The Kier molecular flexibility index (Phi) is 4.65. The fourth-order valence-corrected chi connectivity index (χ4v) is 3.29. The van der Waals surface area contributed by atoms with Crippen molar-refractivity contribution in [2.45, 2.75) is 33.3 Å². The summed E-state index contributed by atoms with van der Waals surface area (Å²) in [6.45, 7) is 6.89. The van der Waals surface area contributed by atoms with E-state index < -0.39 is 0 Å². The van der Waals surface area contributed by atoms with Crippen LogP contribution in [0, 0.1) is 19.8 Å². The number of amides is 1. The Labute approximate surface area is 146 Å². The van der Waals surface area contributed by atoms with Gasteiger partial charge in [0.2, 0.25) is 0 Å². The summed E-state index contributed by atoms with van der Waals surface area (Å²) >= 11 is 6.19. The third kappa shape index (κ3) is 3.06. The molecule has 5 nitrogen and oxygen atoms in total. The second-order valence-electron chi connectivity index (χ2n) is 6.48. The van der Waals surface area contributed by atoms with Crippen LogP contribution in [0.15, 0.2) is 24.3 Å². The molecule has 1 aliphatic heterocycles. The summed E-state index contributed by atoms with van der Waals surface area (Å²) in [5.41, 5.74) is 3.20. The van der Waals surface area contributed by atoms with Gasteiger partial charge in [-0.1, -0.05) is 11.6 Å². The Morgan fingerprint density at radius 1 is 1.33 bits per heavy atom. The van der Waals surface area contributed by atoms with E-state index in [1.54, 1.807) is 11.6 Å². The number of carbonyl (C=O) groups is 1. The largest absolute Gasteiger partial charge is 0.393 e. The Balaban J connectivity index is 1.77. The van der Waals surface area contributed by atoms with Crippen molar-refractivity contribution in [2.75, 3.05) is 13.1 Å². The van der Waals surface area contributed by atoms with Crippen LogP contribution in [0.25, 0.3) is 5.69 Å². The molecule has 2 aromatic rings. The quantitative estimate of drug-likeness (QED) is 0.928. The number of carbonyl (C=O) groups excluding carboxylic acids is 1. The first-order valence-electron chi connectivity index (χ1n) is 8.18. The van der Waals surface area contributed by atoms with Crippen LogP contribution in [0.3, 0.4) is 0 Å². The number of halogens is 1. The molecule has 1 fully saturated rings. The van der Waals surface area contributed by atoms with Gasteiger partial charge in [-0.05, 0) is 51.5 Å². The minimum absolute atomic E-state index is 0.0103. The van der Waals surface area contributed by atoms with Crippen molar-refractivity contribution in [3.8, 4) is 5.69 Å². The lowest BCUT2D eigenvalue weighted by Crippen LogP contribution is -2.30. The fourth-order valence-electron chi connectivity index (χ4n) is 3.17. The molecule has 0 radical (unpaired) electrons. The van der Waals surface area contributed by atoms with Crippen molar-refractivity contribution < 1.29 is 9.90 Å². The van der Waals surface area contributed by atoms with Gasteiger partial charge in [-0.3, -0.25) is 4.79 Å². The molecule has 128 valence electrons. The number of hydrogen-bond donors (Lipinski definition) is 1. The van der Waals surface area contributed by atoms with Crippen molar-refractivity contribution in [3.05, 3.63) is 46.2 Å². The summed E-state index contributed by atoms with van der Waals surface area (Å²) in [6, 6.07) is 7.39. The second kappa shape index (κ2) is 6.57. The number of likely N-dealkylation sites (tertiary alicyclic amines) is 1. The second-order valence-corrected chi connectivity index (χ2v) is 6.86. The molecule has 1 amide bonds. The smallest absolute Gasteiger partial charge is 0.253 e. The Morgan fingerprint density at radius 2 is 2.00 bits per heavy atom. The highest BCUT2D eigenvalue weighted by Gasteiger charge is 2.29. The van der Waals surface area contributed by atoms with Crippen molar-refractivity contribution in [1.82, 2.24) is 14.7 Å². The lowest BCUT2D eigenvalue weighted by molar-refractivity contribution is 0.0762. The van der Waals surface area contributed by atoms with Crippen LogP contribution in [-0.4, -0.2) is 44.9 Å². The SMILES string of the molecule is Cc1nn(-c2ccc(C(=O)N3CCC(C(C)O)C3)cc2)c(C)c1Cl. The van der Waals surface area contributed by atoms with Crippen molar-refractivity contribution in [3.63, 3.8) is 0 Å². The van der Waals surface area contributed by atoms with Gasteiger partial charge in [0.1, 0.15) is 0 Å². The lowest BCUT2D eigenvalue weighted by atomic mass is 10.0. The van der Waals surface area contributed by atoms with E-state index in [9.17, 15) is 9.90 Å². The minimum atomic E-state index is -0.374. The minimum Gasteiger partial charge on any atom is -0.393 e. The van der Waals surface area contributed by atoms with Gasteiger partial charge >= 0.3 is 0 Å². The number of aryl methyl sites for hydroxylation is 1. The molecule has 0 saturated carbocycles. The van der Waals surface area contributed by atoms with Gasteiger partial charge < -0.3 is 10.0 Å². The number of hydrogen-bond acceptors (Lipinski definition) is 3. The van der Waals surface area contributed by atoms with Crippen molar-refractivity contribution in [2.24, 2.45) is 5.92 Å². The highest BCUT2D eigenvalue weighted by atomic mass is 35.5. The van der Waals surface area contributed by atoms with E-state index >= 15 is 0 Å². The zero-order valence-corrected chi connectivity index (χ0v) is 14.9. The van der Waals surface area contributed by atoms with Crippen molar-refractivity contribution >= 4 is 17.5 Å². The normalized spacial score (nSPS) is 18.9. The van der Waals surface area contributed by atoms with Gasteiger partial charge in [-0.2, -0.15) is 5.10 Å². The third-order valence-electron chi connectivity index (χ3n) is 4.76. The number of benzene rings is 1. The van der Waals surface area contributed by atoms with Gasteiger partial charge in [0.05, 0.1) is 28.2 Å². The maximum Gasteiger partial charge on any atom is 0.253 e. The maximum absolute atomic E-state index is 12.6. The van der Waals surface area contributed by atoms with E-state index in [1.165, 1.54) is 0 Å². The zero-order valence-electron chi connectivity index (χ0n) is 14.2. The number of aromatic nitrogens is 2.